The van der Waals surface area contributed by atoms with Crippen LogP contribution in [0.15, 0.2) is 75.7 Å². The maximum Gasteiger partial charge on any atom is 0.281 e. The third kappa shape index (κ3) is 5.78. The third-order valence-electron chi connectivity index (χ3n) is 7.84. The van der Waals surface area contributed by atoms with Gasteiger partial charge >= 0.3 is 0 Å². The molecule has 2 aliphatic rings. The van der Waals surface area contributed by atoms with Crippen molar-refractivity contribution < 1.29 is 31.9 Å². The Balaban J connectivity index is 1.55. The van der Waals surface area contributed by atoms with Crippen LogP contribution in [0.1, 0.15) is 59.6 Å². The van der Waals surface area contributed by atoms with Gasteiger partial charge in [-0.25, -0.2) is 17.8 Å². The van der Waals surface area contributed by atoms with Crippen LogP contribution >= 0.6 is 11.6 Å². The molecular weight excluding hydrogens is 621 g/mol. The SMILES string of the molecule is Cc1nc(C(=O)N2c3cccc(O)c3NC3=C(C2c2ccc(OCc4ccc(Cl)cc4)cc2F)S(=O)(=O)CC(C)(C)C3)c(C)o1. The van der Waals surface area contributed by atoms with Crippen molar-refractivity contribution in [3.63, 3.8) is 0 Å². The number of nitrogens with zero attached hydrogens (tertiary/aromatic N) is 2. The van der Waals surface area contributed by atoms with Crippen molar-refractivity contribution in [3.8, 4) is 11.5 Å². The van der Waals surface area contributed by atoms with Gasteiger partial charge in [-0.1, -0.05) is 43.6 Å². The number of aromatic hydroxyl groups is 1. The van der Waals surface area contributed by atoms with Gasteiger partial charge in [0.1, 0.15) is 41.4 Å². The van der Waals surface area contributed by atoms with E-state index in [-0.39, 0.29) is 75.2 Å². The normalized spacial score (nSPS) is 18.4. The molecule has 45 heavy (non-hydrogen) atoms. The first-order chi connectivity index (χ1) is 21.2. The predicted octanol–water partition coefficient (Wildman–Crippen LogP) is 7.24. The Hall–Kier alpha value is -4.35. The van der Waals surface area contributed by atoms with Gasteiger partial charge in [-0.3, -0.25) is 9.69 Å². The molecule has 6 rings (SSSR count). The highest BCUT2D eigenvalue weighted by Crippen LogP contribution is 2.52. The van der Waals surface area contributed by atoms with Crippen LogP contribution in [0.25, 0.3) is 0 Å². The van der Waals surface area contributed by atoms with Gasteiger partial charge in [0.25, 0.3) is 5.91 Å². The number of anilines is 2. The molecule has 1 aromatic heterocycles. The number of aromatic nitrogens is 1. The zero-order valence-corrected chi connectivity index (χ0v) is 26.6. The molecule has 1 amide bonds. The fourth-order valence-electron chi connectivity index (χ4n) is 6.02. The number of allylic oxidation sites excluding steroid dienone is 1. The van der Waals surface area contributed by atoms with E-state index in [4.69, 9.17) is 20.8 Å². The number of aryl methyl sites for hydroxylation is 2. The molecule has 2 N–H and O–H groups in total. The van der Waals surface area contributed by atoms with Crippen LogP contribution in [0.2, 0.25) is 5.02 Å². The van der Waals surface area contributed by atoms with Crippen LogP contribution in [0.3, 0.4) is 0 Å². The van der Waals surface area contributed by atoms with Gasteiger partial charge in [0.2, 0.25) is 0 Å². The van der Waals surface area contributed by atoms with Crippen molar-refractivity contribution in [3.05, 3.63) is 111 Å². The van der Waals surface area contributed by atoms with Crippen LogP contribution in [-0.4, -0.2) is 30.2 Å². The summed E-state index contributed by atoms with van der Waals surface area (Å²) in [6.45, 7) is 6.94. The van der Waals surface area contributed by atoms with E-state index < -0.39 is 33.0 Å². The Kier molecular flexibility index (Phi) is 7.65. The molecule has 0 fully saturated rings. The van der Waals surface area contributed by atoms with Crippen molar-refractivity contribution in [2.75, 3.05) is 16.0 Å². The molecule has 12 heteroatoms. The number of halogens is 2. The van der Waals surface area contributed by atoms with Crippen molar-refractivity contribution in [2.45, 2.75) is 46.8 Å². The Labute approximate surface area is 265 Å². The van der Waals surface area contributed by atoms with E-state index >= 15 is 4.39 Å². The minimum atomic E-state index is -4.08. The van der Waals surface area contributed by atoms with E-state index in [9.17, 15) is 18.3 Å². The second kappa shape index (κ2) is 11.2. The van der Waals surface area contributed by atoms with Gasteiger partial charge in [0.15, 0.2) is 21.4 Å². The predicted molar refractivity (Wildman–Crippen MR) is 169 cm³/mol. The summed E-state index contributed by atoms with van der Waals surface area (Å²) in [6, 6.07) is 14.2. The van der Waals surface area contributed by atoms with Crippen LogP contribution in [0.4, 0.5) is 15.8 Å². The highest BCUT2D eigenvalue weighted by Gasteiger charge is 2.48. The minimum absolute atomic E-state index is 0.0623. The number of phenolic OH excluding ortho intramolecular Hbond substituents is 1. The Morgan fingerprint density at radius 2 is 1.91 bits per heavy atom. The van der Waals surface area contributed by atoms with Gasteiger partial charge in [0, 0.05) is 29.3 Å². The summed E-state index contributed by atoms with van der Waals surface area (Å²) in [5, 5.41) is 14.7. The zero-order chi connectivity index (χ0) is 32.3. The number of nitrogens with one attached hydrogen (secondary N) is 1. The summed E-state index contributed by atoms with van der Waals surface area (Å²) >= 11 is 5.97. The van der Waals surface area contributed by atoms with Gasteiger partial charge in [-0.15, -0.1) is 0 Å². The first kappa shape index (κ1) is 30.7. The van der Waals surface area contributed by atoms with E-state index in [1.165, 1.54) is 35.2 Å². The summed E-state index contributed by atoms with van der Waals surface area (Å²) in [7, 11) is -4.08. The molecule has 9 nitrogen and oxygen atoms in total. The van der Waals surface area contributed by atoms with Crippen LogP contribution < -0.4 is 15.0 Å². The van der Waals surface area contributed by atoms with Crippen LogP contribution in [0, 0.1) is 25.1 Å². The molecule has 3 heterocycles. The molecule has 1 atom stereocenters. The summed E-state index contributed by atoms with van der Waals surface area (Å²) in [4.78, 5) is 19.7. The third-order valence-corrected chi connectivity index (χ3v) is 10.4. The lowest BCUT2D eigenvalue weighted by Crippen LogP contribution is -2.41. The number of amides is 1. The molecule has 0 spiro atoms. The van der Waals surface area contributed by atoms with Crippen molar-refractivity contribution in [1.29, 1.82) is 0 Å². The number of fused-ring (bicyclic) bond motifs is 1. The molecular formula is C33H31ClFN3O6S. The van der Waals surface area contributed by atoms with E-state index in [1.54, 1.807) is 44.2 Å². The average Bonchev–Trinajstić information content (AvgIpc) is 3.21. The molecule has 1 unspecified atom stereocenters. The minimum Gasteiger partial charge on any atom is -0.506 e. The fourth-order valence-corrected chi connectivity index (χ4v) is 8.50. The monoisotopic (exact) mass is 651 g/mol. The van der Waals surface area contributed by atoms with Gasteiger partial charge in [-0.05, 0) is 60.7 Å². The molecule has 2 aliphatic heterocycles. The summed E-state index contributed by atoms with van der Waals surface area (Å²) < 4.78 is 56.0. The summed E-state index contributed by atoms with van der Waals surface area (Å²) in [5.74, 6) is -1.29. The topological polar surface area (TPSA) is 122 Å². The van der Waals surface area contributed by atoms with Crippen LogP contribution in [0.5, 0.6) is 11.5 Å². The number of oxazole rings is 1. The highest BCUT2D eigenvalue weighted by atomic mass is 35.5. The molecule has 234 valence electrons. The molecule has 0 aliphatic carbocycles. The van der Waals surface area contributed by atoms with E-state index in [1.807, 2.05) is 13.8 Å². The average molecular weight is 652 g/mol. The second-order valence-electron chi connectivity index (χ2n) is 12.1. The van der Waals surface area contributed by atoms with Crippen molar-refractivity contribution in [1.82, 2.24) is 4.98 Å². The maximum absolute atomic E-state index is 16.3. The molecule has 0 bridgehead atoms. The zero-order valence-electron chi connectivity index (χ0n) is 25.0. The van der Waals surface area contributed by atoms with Crippen LogP contribution in [-0.2, 0) is 16.4 Å². The number of hydrogen-bond donors (Lipinski definition) is 2. The quantitative estimate of drug-likeness (QED) is 0.217. The molecule has 3 aromatic carbocycles. The smallest absolute Gasteiger partial charge is 0.281 e. The van der Waals surface area contributed by atoms with Crippen molar-refractivity contribution in [2.24, 2.45) is 5.41 Å². The Morgan fingerprint density at radius 3 is 2.58 bits per heavy atom. The maximum atomic E-state index is 16.3. The number of rotatable bonds is 5. The first-order valence-corrected chi connectivity index (χ1v) is 16.3. The summed E-state index contributed by atoms with van der Waals surface area (Å²) in [5.41, 5.74) is 0.531. The van der Waals surface area contributed by atoms with E-state index in [2.05, 4.69) is 10.3 Å². The summed E-state index contributed by atoms with van der Waals surface area (Å²) in [6.07, 6.45) is 0.264. The number of sulfone groups is 1. The lowest BCUT2D eigenvalue weighted by molar-refractivity contribution is 0.0974. The molecule has 0 radical (unpaired) electrons. The number of ether oxygens (including phenoxy) is 1. The van der Waals surface area contributed by atoms with Gasteiger partial charge in [0.05, 0.1) is 16.3 Å². The molecule has 4 aromatic rings. The molecule has 0 saturated heterocycles. The lowest BCUT2D eigenvalue weighted by atomic mass is 9.88. The van der Waals surface area contributed by atoms with Crippen molar-refractivity contribution >= 4 is 38.7 Å². The van der Waals surface area contributed by atoms with E-state index in [0.29, 0.717) is 5.02 Å². The highest BCUT2D eigenvalue weighted by molar-refractivity contribution is 7.95. The number of carbonyl (C=O) groups is 1. The number of para-hydroxylation sites is 1. The lowest BCUT2D eigenvalue weighted by Gasteiger charge is -2.37. The fraction of sp³-hybridized carbons (Fsp3) is 0.273. The number of carbonyl (C=O) groups excluding carboxylic acids is 1. The Morgan fingerprint density at radius 1 is 1.18 bits per heavy atom. The standard InChI is InChI=1S/C33H31ClFN3O6S/c1-18-28(36-19(2)44-18)32(40)38-26-6-5-7-27(39)29(26)37-25-15-33(3,4)17-45(41,42)31(25)30(38)23-13-12-22(14-24(23)35)43-16-20-8-10-21(34)11-9-20/h5-14,30,37,39H,15-17H2,1-4H3. The number of benzene rings is 3. The largest absolute Gasteiger partial charge is 0.506 e. The number of phenols is 1. The first-order valence-electron chi connectivity index (χ1n) is 14.2. The molecule has 0 saturated carbocycles. The Bertz CT molecular complexity index is 1970. The second-order valence-corrected chi connectivity index (χ2v) is 14.4. The van der Waals surface area contributed by atoms with Gasteiger partial charge in [-0.2, -0.15) is 0 Å². The van der Waals surface area contributed by atoms with Gasteiger partial charge < -0.3 is 19.6 Å². The van der Waals surface area contributed by atoms with E-state index in [0.717, 1.165) is 5.56 Å². The number of hydrogen-bond acceptors (Lipinski definition) is 8.